The zero-order valence-electron chi connectivity index (χ0n) is 8.48. The highest BCUT2D eigenvalue weighted by Crippen LogP contribution is 2.42. The molecule has 86 valence electrons. The van der Waals surface area contributed by atoms with Crippen LogP contribution in [0.3, 0.4) is 0 Å². The third kappa shape index (κ3) is 1.76. The molecular formula is C9H15NO4S. The minimum atomic E-state index is -3.16. The SMILES string of the molecule is O=C(O)C1(CN2CCCS2(=O)=O)CCC1. The largest absolute Gasteiger partial charge is 0.481 e. The number of carboxylic acids is 1. The van der Waals surface area contributed by atoms with Gasteiger partial charge in [0.05, 0.1) is 11.2 Å². The maximum atomic E-state index is 11.5. The summed E-state index contributed by atoms with van der Waals surface area (Å²) in [7, 11) is -3.16. The fraction of sp³-hybridized carbons (Fsp3) is 0.889. The molecule has 0 unspecified atom stereocenters. The van der Waals surface area contributed by atoms with Crippen molar-refractivity contribution in [2.75, 3.05) is 18.8 Å². The summed E-state index contributed by atoms with van der Waals surface area (Å²) in [5.41, 5.74) is -0.794. The molecule has 1 heterocycles. The molecule has 1 aliphatic carbocycles. The van der Waals surface area contributed by atoms with E-state index < -0.39 is 21.4 Å². The Morgan fingerprint density at radius 3 is 2.33 bits per heavy atom. The van der Waals surface area contributed by atoms with Crippen molar-refractivity contribution in [3.63, 3.8) is 0 Å². The van der Waals surface area contributed by atoms with Crippen molar-refractivity contribution >= 4 is 16.0 Å². The van der Waals surface area contributed by atoms with Crippen molar-refractivity contribution < 1.29 is 18.3 Å². The van der Waals surface area contributed by atoms with Gasteiger partial charge in [0, 0.05) is 13.1 Å². The Bertz CT molecular complexity index is 372. The average Bonchev–Trinajstić information content (AvgIpc) is 2.37. The molecular weight excluding hydrogens is 218 g/mol. The van der Waals surface area contributed by atoms with Gasteiger partial charge >= 0.3 is 5.97 Å². The maximum Gasteiger partial charge on any atom is 0.310 e. The summed E-state index contributed by atoms with van der Waals surface area (Å²) >= 11 is 0. The van der Waals surface area contributed by atoms with E-state index in [1.165, 1.54) is 4.31 Å². The first-order chi connectivity index (χ1) is 6.96. The summed E-state index contributed by atoms with van der Waals surface area (Å²) in [5.74, 6) is -0.682. The number of hydrogen-bond acceptors (Lipinski definition) is 3. The van der Waals surface area contributed by atoms with Crippen LogP contribution < -0.4 is 0 Å². The van der Waals surface area contributed by atoms with Crippen molar-refractivity contribution in [3.05, 3.63) is 0 Å². The quantitative estimate of drug-likeness (QED) is 0.759. The lowest BCUT2D eigenvalue weighted by atomic mass is 9.69. The summed E-state index contributed by atoms with van der Waals surface area (Å²) in [6, 6.07) is 0. The first-order valence-electron chi connectivity index (χ1n) is 5.18. The van der Waals surface area contributed by atoms with Gasteiger partial charge in [-0.05, 0) is 19.3 Å². The standard InChI is InChI=1S/C9H15NO4S/c11-8(12)9(3-1-4-9)7-10-5-2-6-15(10,13)14/h1-7H2,(H,11,12). The maximum absolute atomic E-state index is 11.5. The van der Waals surface area contributed by atoms with Crippen molar-refractivity contribution in [2.45, 2.75) is 25.7 Å². The molecule has 0 amide bonds. The fourth-order valence-corrected chi connectivity index (χ4v) is 3.85. The van der Waals surface area contributed by atoms with Crippen molar-refractivity contribution in [1.29, 1.82) is 0 Å². The number of hydrogen-bond donors (Lipinski definition) is 1. The fourth-order valence-electron chi connectivity index (χ4n) is 2.25. The van der Waals surface area contributed by atoms with Gasteiger partial charge in [0.15, 0.2) is 0 Å². The molecule has 15 heavy (non-hydrogen) atoms. The Morgan fingerprint density at radius 1 is 1.33 bits per heavy atom. The molecule has 0 aromatic rings. The van der Waals surface area contributed by atoms with Crippen LogP contribution in [0, 0.1) is 5.41 Å². The van der Waals surface area contributed by atoms with Gasteiger partial charge in [0.1, 0.15) is 0 Å². The van der Waals surface area contributed by atoms with Gasteiger partial charge in [-0.3, -0.25) is 4.79 Å². The van der Waals surface area contributed by atoms with Crippen LogP contribution >= 0.6 is 0 Å². The first-order valence-corrected chi connectivity index (χ1v) is 6.78. The van der Waals surface area contributed by atoms with Gasteiger partial charge in [-0.25, -0.2) is 12.7 Å². The molecule has 5 nitrogen and oxygen atoms in total. The van der Waals surface area contributed by atoms with Crippen LogP contribution in [-0.4, -0.2) is 42.6 Å². The minimum absolute atomic E-state index is 0.169. The van der Waals surface area contributed by atoms with Crippen LogP contribution in [-0.2, 0) is 14.8 Å². The molecule has 0 aromatic heterocycles. The Morgan fingerprint density at radius 2 is 2.00 bits per heavy atom. The number of rotatable bonds is 3. The van der Waals surface area contributed by atoms with Crippen LogP contribution in [0.2, 0.25) is 0 Å². The second-order valence-corrected chi connectivity index (χ2v) is 6.53. The summed E-state index contributed by atoms with van der Waals surface area (Å²) in [6.45, 7) is 0.655. The summed E-state index contributed by atoms with van der Waals surface area (Å²) in [6.07, 6.45) is 2.72. The lowest BCUT2D eigenvalue weighted by molar-refractivity contribution is -0.155. The smallest absolute Gasteiger partial charge is 0.310 e. The van der Waals surface area contributed by atoms with E-state index in [1.807, 2.05) is 0 Å². The van der Waals surface area contributed by atoms with Gasteiger partial charge in [-0.1, -0.05) is 6.42 Å². The number of carbonyl (C=O) groups is 1. The van der Waals surface area contributed by atoms with E-state index in [4.69, 9.17) is 5.11 Å². The van der Waals surface area contributed by atoms with E-state index in [1.54, 1.807) is 0 Å². The second-order valence-electron chi connectivity index (χ2n) is 4.44. The van der Waals surface area contributed by atoms with Crippen LogP contribution in [0.25, 0.3) is 0 Å². The summed E-state index contributed by atoms with van der Waals surface area (Å²) < 4.78 is 24.4. The van der Waals surface area contributed by atoms with E-state index >= 15 is 0 Å². The van der Waals surface area contributed by atoms with E-state index in [0.29, 0.717) is 25.8 Å². The van der Waals surface area contributed by atoms with Gasteiger partial charge in [0.2, 0.25) is 10.0 Å². The first kappa shape index (κ1) is 10.9. The lowest BCUT2D eigenvalue weighted by Crippen LogP contribution is -2.48. The number of aliphatic carboxylic acids is 1. The molecule has 2 fully saturated rings. The highest BCUT2D eigenvalue weighted by Gasteiger charge is 2.48. The van der Waals surface area contributed by atoms with Crippen LogP contribution in [0.1, 0.15) is 25.7 Å². The van der Waals surface area contributed by atoms with Gasteiger partial charge in [-0.15, -0.1) is 0 Å². The van der Waals surface area contributed by atoms with E-state index in [-0.39, 0.29) is 12.3 Å². The van der Waals surface area contributed by atoms with Crippen LogP contribution in [0.4, 0.5) is 0 Å². The Hall–Kier alpha value is -0.620. The molecule has 6 heteroatoms. The molecule has 2 aliphatic rings. The molecule has 0 radical (unpaired) electrons. The highest BCUT2D eigenvalue weighted by molar-refractivity contribution is 7.89. The molecule has 1 N–H and O–H groups in total. The zero-order chi connectivity index (χ0) is 11.1. The van der Waals surface area contributed by atoms with E-state index in [9.17, 15) is 13.2 Å². The molecule has 1 saturated carbocycles. The summed E-state index contributed by atoms with van der Waals surface area (Å²) in [4.78, 5) is 11.1. The van der Waals surface area contributed by atoms with Gasteiger partial charge < -0.3 is 5.11 Å². The number of nitrogens with zero attached hydrogens (tertiary/aromatic N) is 1. The highest BCUT2D eigenvalue weighted by atomic mass is 32.2. The van der Waals surface area contributed by atoms with E-state index in [2.05, 4.69) is 0 Å². The van der Waals surface area contributed by atoms with Crippen LogP contribution in [0.5, 0.6) is 0 Å². The predicted octanol–water partition coefficient (Wildman–Crippen LogP) is 0.277. The topological polar surface area (TPSA) is 74.7 Å². The van der Waals surface area contributed by atoms with Crippen molar-refractivity contribution in [1.82, 2.24) is 4.31 Å². The normalized spacial score (nSPS) is 28.5. The molecule has 1 aliphatic heterocycles. The third-order valence-electron chi connectivity index (χ3n) is 3.45. The number of sulfonamides is 1. The summed E-state index contributed by atoms with van der Waals surface area (Å²) in [5, 5.41) is 9.09. The van der Waals surface area contributed by atoms with Crippen molar-refractivity contribution in [3.8, 4) is 0 Å². The molecule has 1 saturated heterocycles. The Labute approximate surface area is 89.1 Å². The van der Waals surface area contributed by atoms with E-state index in [0.717, 1.165) is 6.42 Å². The number of carboxylic acid groups (broad SMARTS) is 1. The molecule has 0 aromatic carbocycles. The monoisotopic (exact) mass is 233 g/mol. The molecule has 0 spiro atoms. The Balaban J connectivity index is 2.11. The van der Waals surface area contributed by atoms with Crippen LogP contribution in [0.15, 0.2) is 0 Å². The minimum Gasteiger partial charge on any atom is -0.481 e. The third-order valence-corrected chi connectivity index (χ3v) is 5.35. The average molecular weight is 233 g/mol. The molecule has 2 rings (SSSR count). The van der Waals surface area contributed by atoms with Gasteiger partial charge in [0.25, 0.3) is 0 Å². The molecule has 0 bridgehead atoms. The Kier molecular flexibility index (Phi) is 2.50. The van der Waals surface area contributed by atoms with Gasteiger partial charge in [-0.2, -0.15) is 0 Å². The van der Waals surface area contributed by atoms with Crippen molar-refractivity contribution in [2.24, 2.45) is 5.41 Å². The predicted molar refractivity (Wildman–Crippen MR) is 53.9 cm³/mol. The molecule has 0 atom stereocenters. The zero-order valence-corrected chi connectivity index (χ0v) is 9.29. The lowest BCUT2D eigenvalue weighted by Gasteiger charge is -2.39. The second kappa shape index (κ2) is 3.45.